The molecule has 28 heavy (non-hydrogen) atoms. The highest BCUT2D eigenvalue weighted by molar-refractivity contribution is 6.87. The Morgan fingerprint density at radius 2 is 1.25 bits per heavy atom. The van der Waals surface area contributed by atoms with Gasteiger partial charge in [0.15, 0.2) is 0 Å². The van der Waals surface area contributed by atoms with Crippen LogP contribution in [0.5, 0.6) is 0 Å². The third-order valence-electron chi connectivity index (χ3n) is 7.07. The summed E-state index contributed by atoms with van der Waals surface area (Å²) < 4.78 is 5.66. The standard InChI is InChI=1S/C24H31ClO2Si/c1-16(2)28(17(3)4,18(5)6)24(15-27-23(25)26)21-13-9-7-11-19(21)20-12-8-10-14-22(20)24/h7-14,16-18H,15H2,1-6H3. The Kier molecular flexibility index (Phi) is 5.80. The average Bonchev–Trinajstić information content (AvgIpc) is 2.91. The van der Waals surface area contributed by atoms with Gasteiger partial charge in [0.2, 0.25) is 0 Å². The topological polar surface area (TPSA) is 26.3 Å². The van der Waals surface area contributed by atoms with Crippen LogP contribution in [0.15, 0.2) is 48.5 Å². The fourth-order valence-electron chi connectivity index (χ4n) is 6.72. The second-order valence-electron chi connectivity index (χ2n) is 8.92. The van der Waals surface area contributed by atoms with Gasteiger partial charge < -0.3 is 4.74 Å². The van der Waals surface area contributed by atoms with E-state index in [1.165, 1.54) is 22.3 Å². The zero-order valence-corrected chi connectivity index (χ0v) is 19.5. The molecule has 0 bridgehead atoms. The van der Waals surface area contributed by atoms with Gasteiger partial charge in [-0.3, -0.25) is 0 Å². The van der Waals surface area contributed by atoms with Crippen LogP contribution in [0.2, 0.25) is 16.6 Å². The molecule has 2 aromatic rings. The van der Waals surface area contributed by atoms with Gasteiger partial charge in [-0.05, 0) is 38.9 Å². The van der Waals surface area contributed by atoms with Gasteiger partial charge in [0.25, 0.3) is 0 Å². The highest BCUT2D eigenvalue weighted by atomic mass is 35.5. The number of hydrogen-bond acceptors (Lipinski definition) is 2. The Morgan fingerprint density at radius 1 is 0.857 bits per heavy atom. The lowest BCUT2D eigenvalue weighted by Crippen LogP contribution is -2.64. The molecule has 0 atom stereocenters. The molecule has 2 aromatic carbocycles. The smallest absolute Gasteiger partial charge is 0.403 e. The molecular formula is C24H31ClO2Si. The van der Waals surface area contributed by atoms with Crippen LogP contribution in [0.3, 0.4) is 0 Å². The molecule has 0 N–H and O–H groups in total. The number of ether oxygens (including phenoxy) is 1. The van der Waals surface area contributed by atoms with Crippen molar-refractivity contribution in [3.63, 3.8) is 0 Å². The molecule has 0 fully saturated rings. The lowest BCUT2D eigenvalue weighted by Gasteiger charge is -2.56. The number of benzene rings is 2. The van der Waals surface area contributed by atoms with Crippen LogP contribution in [0.1, 0.15) is 52.7 Å². The van der Waals surface area contributed by atoms with Crippen LogP contribution in [0.25, 0.3) is 11.1 Å². The van der Waals surface area contributed by atoms with E-state index in [-0.39, 0.29) is 5.04 Å². The number of carbonyl (C=O) groups is 1. The molecule has 0 unspecified atom stereocenters. The fraction of sp³-hybridized carbons (Fsp3) is 0.458. The summed E-state index contributed by atoms with van der Waals surface area (Å²) in [7, 11) is -2.15. The van der Waals surface area contributed by atoms with Gasteiger partial charge in [0.1, 0.15) is 6.61 Å². The van der Waals surface area contributed by atoms with Crippen LogP contribution in [0, 0.1) is 0 Å². The van der Waals surface area contributed by atoms with Crippen LogP contribution in [-0.4, -0.2) is 20.1 Å². The van der Waals surface area contributed by atoms with Crippen molar-refractivity contribution in [3.05, 3.63) is 59.7 Å². The number of rotatable bonds is 6. The van der Waals surface area contributed by atoms with Gasteiger partial charge in [0.05, 0.1) is 8.07 Å². The van der Waals surface area contributed by atoms with Crippen LogP contribution < -0.4 is 0 Å². The maximum absolute atomic E-state index is 11.8. The molecular weight excluding hydrogens is 384 g/mol. The molecule has 0 amide bonds. The normalized spacial score (nSPS) is 15.1. The summed E-state index contributed by atoms with van der Waals surface area (Å²) in [6.45, 7) is 14.5. The fourth-order valence-corrected chi connectivity index (χ4v) is 15.4. The maximum atomic E-state index is 11.8. The molecule has 0 saturated carbocycles. The van der Waals surface area contributed by atoms with E-state index in [0.717, 1.165) is 0 Å². The Labute approximate surface area is 175 Å². The summed E-state index contributed by atoms with van der Waals surface area (Å²) in [5, 5.41) is -0.318. The molecule has 0 saturated heterocycles. The van der Waals surface area contributed by atoms with Crippen molar-refractivity contribution in [1.29, 1.82) is 0 Å². The van der Waals surface area contributed by atoms with Crippen molar-refractivity contribution >= 4 is 25.1 Å². The molecule has 4 heteroatoms. The van der Waals surface area contributed by atoms with Gasteiger partial charge in [-0.25, -0.2) is 4.79 Å². The molecule has 0 aromatic heterocycles. The van der Waals surface area contributed by atoms with Crippen LogP contribution in [0.4, 0.5) is 4.79 Å². The zero-order valence-electron chi connectivity index (χ0n) is 17.8. The van der Waals surface area contributed by atoms with Crippen molar-refractivity contribution in [2.75, 3.05) is 6.61 Å². The van der Waals surface area contributed by atoms with E-state index in [9.17, 15) is 4.79 Å². The van der Waals surface area contributed by atoms with E-state index in [2.05, 4.69) is 90.1 Å². The third kappa shape index (κ3) is 2.78. The SMILES string of the molecule is CC(C)[Si](C(C)C)(C(C)C)C1(COC(=O)Cl)c2ccccc2-c2ccccc21. The van der Waals surface area contributed by atoms with Crippen LogP contribution >= 0.6 is 11.6 Å². The molecule has 0 aliphatic heterocycles. The largest absolute Gasteiger partial charge is 0.453 e. The lowest BCUT2D eigenvalue weighted by molar-refractivity contribution is 0.161. The molecule has 0 spiro atoms. The molecule has 1 aliphatic rings. The quantitative estimate of drug-likeness (QED) is 0.360. The second kappa shape index (κ2) is 7.68. The first-order chi connectivity index (χ1) is 13.2. The van der Waals surface area contributed by atoms with E-state index < -0.39 is 13.5 Å². The third-order valence-corrected chi connectivity index (χ3v) is 15.1. The predicted octanol–water partition coefficient (Wildman–Crippen LogP) is 7.55. The van der Waals surface area contributed by atoms with E-state index in [1.807, 2.05) is 0 Å². The van der Waals surface area contributed by atoms with Gasteiger partial charge in [0, 0.05) is 16.6 Å². The van der Waals surface area contributed by atoms with Gasteiger partial charge in [-0.15, -0.1) is 0 Å². The van der Waals surface area contributed by atoms with Crippen molar-refractivity contribution in [2.24, 2.45) is 0 Å². The zero-order chi connectivity index (χ0) is 20.7. The lowest BCUT2D eigenvalue weighted by atomic mass is 9.96. The Morgan fingerprint density at radius 3 is 1.61 bits per heavy atom. The first-order valence-electron chi connectivity index (χ1n) is 10.2. The van der Waals surface area contributed by atoms with Crippen molar-refractivity contribution in [3.8, 4) is 11.1 Å². The Balaban J connectivity index is 2.47. The number of hydrogen-bond donors (Lipinski definition) is 0. The molecule has 3 rings (SSSR count). The first kappa shape index (κ1) is 21.1. The van der Waals surface area contributed by atoms with Crippen molar-refractivity contribution in [1.82, 2.24) is 0 Å². The molecule has 0 heterocycles. The Hall–Kier alpha value is -1.58. The summed E-state index contributed by atoms with van der Waals surface area (Å²) in [5.74, 6) is 0. The number of carbonyl (C=O) groups excluding carboxylic acids is 1. The first-order valence-corrected chi connectivity index (χ1v) is 12.8. The minimum absolute atomic E-state index is 0.310. The molecule has 2 nitrogen and oxygen atoms in total. The summed E-state index contributed by atoms with van der Waals surface area (Å²) in [6, 6.07) is 17.3. The van der Waals surface area contributed by atoms with E-state index in [0.29, 0.717) is 23.2 Å². The summed E-state index contributed by atoms with van der Waals surface area (Å²) in [5.41, 5.74) is 5.92. The maximum Gasteiger partial charge on any atom is 0.403 e. The molecule has 150 valence electrons. The van der Waals surface area contributed by atoms with E-state index in [1.54, 1.807) is 0 Å². The summed E-state index contributed by atoms with van der Waals surface area (Å²) >= 11 is 5.72. The van der Waals surface area contributed by atoms with Crippen molar-refractivity contribution in [2.45, 2.75) is 63.2 Å². The summed E-state index contributed by atoms with van der Waals surface area (Å²) in [4.78, 5) is 11.8. The van der Waals surface area contributed by atoms with Gasteiger partial charge >= 0.3 is 5.43 Å². The minimum Gasteiger partial charge on any atom is -0.453 e. The number of fused-ring (bicyclic) bond motifs is 3. The Bertz CT molecular complexity index is 805. The summed E-state index contributed by atoms with van der Waals surface area (Å²) in [6.07, 6.45) is 0. The highest BCUT2D eigenvalue weighted by Gasteiger charge is 2.63. The second-order valence-corrected chi connectivity index (χ2v) is 15.4. The van der Waals surface area contributed by atoms with Crippen molar-refractivity contribution < 1.29 is 9.53 Å². The van der Waals surface area contributed by atoms with Crippen LogP contribution in [-0.2, 0) is 9.78 Å². The highest BCUT2D eigenvalue weighted by Crippen LogP contribution is 2.62. The number of halogens is 1. The molecule has 0 radical (unpaired) electrons. The average molecular weight is 415 g/mol. The predicted molar refractivity (Wildman–Crippen MR) is 121 cm³/mol. The van der Waals surface area contributed by atoms with Gasteiger partial charge in [-0.2, -0.15) is 0 Å². The molecule has 1 aliphatic carbocycles. The van der Waals surface area contributed by atoms with E-state index >= 15 is 0 Å². The monoisotopic (exact) mass is 414 g/mol. The minimum atomic E-state index is -2.15. The van der Waals surface area contributed by atoms with E-state index in [4.69, 9.17) is 16.3 Å². The van der Waals surface area contributed by atoms with Gasteiger partial charge in [-0.1, -0.05) is 90.1 Å².